The summed E-state index contributed by atoms with van der Waals surface area (Å²) in [4.78, 5) is 15.6. The topological polar surface area (TPSA) is 75.7 Å². The third-order valence-corrected chi connectivity index (χ3v) is 7.83. The summed E-state index contributed by atoms with van der Waals surface area (Å²) in [6.45, 7) is 6.38. The van der Waals surface area contributed by atoms with Gasteiger partial charge in [-0.1, -0.05) is 44.2 Å². The maximum Gasteiger partial charge on any atom is 0.340 e. The lowest BCUT2D eigenvalue weighted by Crippen LogP contribution is -2.30. The van der Waals surface area contributed by atoms with Crippen LogP contribution in [0.1, 0.15) is 40.2 Å². The van der Waals surface area contributed by atoms with Crippen LogP contribution >= 0.6 is 11.3 Å². The largest absolute Gasteiger partial charge is 0.465 e. The van der Waals surface area contributed by atoms with Crippen LogP contribution in [0.25, 0.3) is 0 Å². The molecule has 0 saturated carbocycles. The van der Waals surface area contributed by atoms with Gasteiger partial charge in [-0.05, 0) is 23.5 Å². The SMILES string of the molecule is COC(=O)c1c(S(=O)(=O)NCC(C)C)sc2c1CCN(Cc1ccccc1)C2. The van der Waals surface area contributed by atoms with E-state index in [0.29, 0.717) is 19.5 Å². The highest BCUT2D eigenvalue weighted by Crippen LogP contribution is 2.37. The van der Waals surface area contributed by atoms with Crippen molar-refractivity contribution in [3.05, 3.63) is 51.9 Å². The van der Waals surface area contributed by atoms with Crippen LogP contribution in [0.2, 0.25) is 0 Å². The quantitative estimate of drug-likeness (QED) is 0.694. The van der Waals surface area contributed by atoms with E-state index in [1.807, 2.05) is 32.0 Å². The number of hydrogen-bond donors (Lipinski definition) is 1. The molecule has 6 nitrogen and oxygen atoms in total. The Morgan fingerprint density at radius 1 is 1.29 bits per heavy atom. The number of thiophene rings is 1. The van der Waals surface area contributed by atoms with Crippen molar-refractivity contribution in [2.75, 3.05) is 20.2 Å². The molecule has 0 radical (unpaired) electrons. The molecule has 1 N–H and O–H groups in total. The van der Waals surface area contributed by atoms with Gasteiger partial charge in [0, 0.05) is 31.1 Å². The maximum absolute atomic E-state index is 12.8. The number of nitrogens with one attached hydrogen (secondary N) is 1. The molecule has 1 aliphatic heterocycles. The molecule has 0 spiro atoms. The van der Waals surface area contributed by atoms with Crippen molar-refractivity contribution in [1.29, 1.82) is 0 Å². The van der Waals surface area contributed by atoms with Crippen molar-refractivity contribution in [2.24, 2.45) is 5.92 Å². The fourth-order valence-electron chi connectivity index (χ4n) is 3.25. The highest BCUT2D eigenvalue weighted by Gasteiger charge is 2.34. The fourth-order valence-corrected chi connectivity index (χ4v) is 6.43. The first kappa shape index (κ1) is 21.0. The number of methoxy groups -OCH3 is 1. The molecule has 2 aromatic rings. The van der Waals surface area contributed by atoms with E-state index in [-0.39, 0.29) is 15.7 Å². The highest BCUT2D eigenvalue weighted by molar-refractivity contribution is 7.91. The number of rotatable bonds is 7. The lowest BCUT2D eigenvalue weighted by Gasteiger charge is -2.27. The number of ether oxygens (including phenoxy) is 1. The van der Waals surface area contributed by atoms with E-state index < -0.39 is 16.0 Å². The van der Waals surface area contributed by atoms with Crippen LogP contribution < -0.4 is 4.72 Å². The summed E-state index contributed by atoms with van der Waals surface area (Å²) < 4.78 is 33.3. The molecule has 2 heterocycles. The standard InChI is InChI=1S/C20H26N2O4S2/c1-14(2)11-21-28(24,25)20-18(19(23)26-3)16-9-10-22(13-17(16)27-20)12-15-7-5-4-6-8-15/h4-8,14,21H,9-13H2,1-3H3. The first-order valence-corrected chi connectivity index (χ1v) is 11.6. The first-order chi connectivity index (χ1) is 13.3. The zero-order valence-corrected chi connectivity index (χ0v) is 18.0. The second kappa shape index (κ2) is 8.73. The minimum atomic E-state index is -3.76. The first-order valence-electron chi connectivity index (χ1n) is 9.30. The van der Waals surface area contributed by atoms with Gasteiger partial charge in [0.05, 0.1) is 12.7 Å². The molecule has 28 heavy (non-hydrogen) atoms. The third kappa shape index (κ3) is 4.63. The Balaban J connectivity index is 1.91. The molecule has 0 aliphatic carbocycles. The lowest BCUT2D eigenvalue weighted by atomic mass is 10.0. The van der Waals surface area contributed by atoms with Gasteiger partial charge >= 0.3 is 5.97 Å². The second-order valence-electron chi connectivity index (χ2n) is 7.35. The molecule has 0 saturated heterocycles. The van der Waals surface area contributed by atoms with Crippen molar-refractivity contribution in [3.63, 3.8) is 0 Å². The van der Waals surface area contributed by atoms with E-state index in [2.05, 4.69) is 21.8 Å². The molecule has 3 rings (SSSR count). The summed E-state index contributed by atoms with van der Waals surface area (Å²) in [5.41, 5.74) is 2.23. The Hall–Kier alpha value is -1.74. The summed E-state index contributed by atoms with van der Waals surface area (Å²) in [5, 5.41) is 0. The van der Waals surface area contributed by atoms with Crippen molar-refractivity contribution in [3.8, 4) is 0 Å². The Kier molecular flexibility index (Phi) is 6.54. The molecule has 0 bridgehead atoms. The van der Waals surface area contributed by atoms with Gasteiger partial charge in [0.15, 0.2) is 0 Å². The van der Waals surface area contributed by atoms with Gasteiger partial charge < -0.3 is 4.74 Å². The molecule has 8 heteroatoms. The molecular formula is C20H26N2O4S2. The normalized spacial score (nSPS) is 14.9. The predicted molar refractivity (Wildman–Crippen MR) is 110 cm³/mol. The maximum atomic E-state index is 12.8. The molecule has 1 aromatic heterocycles. The number of benzene rings is 1. The zero-order valence-electron chi connectivity index (χ0n) is 16.4. The fraction of sp³-hybridized carbons (Fsp3) is 0.450. The average Bonchev–Trinajstić information content (AvgIpc) is 3.06. The summed E-state index contributed by atoms with van der Waals surface area (Å²) in [6, 6.07) is 10.2. The van der Waals surface area contributed by atoms with E-state index in [1.54, 1.807) is 0 Å². The van der Waals surface area contributed by atoms with Gasteiger partial charge in [0.1, 0.15) is 4.21 Å². The number of carbonyl (C=O) groups excluding carboxylic acids is 1. The monoisotopic (exact) mass is 422 g/mol. The molecular weight excluding hydrogens is 396 g/mol. The summed E-state index contributed by atoms with van der Waals surface area (Å²) >= 11 is 1.19. The smallest absolute Gasteiger partial charge is 0.340 e. The Bertz CT molecular complexity index is 937. The van der Waals surface area contributed by atoms with Gasteiger partial charge in [-0.2, -0.15) is 0 Å². The molecule has 0 atom stereocenters. The molecule has 152 valence electrons. The van der Waals surface area contributed by atoms with Crippen molar-refractivity contribution < 1.29 is 17.9 Å². The summed E-state index contributed by atoms with van der Waals surface area (Å²) in [5.74, 6) is -0.411. The molecule has 1 aromatic carbocycles. The van der Waals surface area contributed by atoms with Crippen LogP contribution in [-0.4, -0.2) is 39.5 Å². The zero-order chi connectivity index (χ0) is 20.3. The third-order valence-electron chi connectivity index (χ3n) is 4.67. The van der Waals surface area contributed by atoms with E-state index in [9.17, 15) is 13.2 Å². The molecule has 1 aliphatic rings. The summed E-state index contributed by atoms with van der Waals surface area (Å²) in [7, 11) is -2.48. The Morgan fingerprint density at radius 3 is 2.64 bits per heavy atom. The van der Waals surface area contributed by atoms with E-state index in [0.717, 1.165) is 23.5 Å². The van der Waals surface area contributed by atoms with Gasteiger partial charge in [-0.15, -0.1) is 11.3 Å². The van der Waals surface area contributed by atoms with E-state index in [4.69, 9.17) is 4.74 Å². The highest BCUT2D eigenvalue weighted by atomic mass is 32.2. The van der Waals surface area contributed by atoms with Crippen molar-refractivity contribution in [2.45, 2.75) is 37.6 Å². The molecule has 0 amide bonds. The van der Waals surface area contributed by atoms with Crippen LogP contribution in [0.4, 0.5) is 0 Å². The minimum absolute atomic E-state index is 0.0755. The molecule has 0 unspecified atom stereocenters. The van der Waals surface area contributed by atoms with Crippen LogP contribution in [0.15, 0.2) is 34.5 Å². The number of sulfonamides is 1. The van der Waals surface area contributed by atoms with Crippen LogP contribution in [0.3, 0.4) is 0 Å². The summed E-state index contributed by atoms with van der Waals surface area (Å²) in [6.07, 6.45) is 0.628. The minimum Gasteiger partial charge on any atom is -0.465 e. The van der Waals surface area contributed by atoms with E-state index >= 15 is 0 Å². The van der Waals surface area contributed by atoms with E-state index in [1.165, 1.54) is 24.0 Å². The van der Waals surface area contributed by atoms with Gasteiger partial charge in [-0.25, -0.2) is 17.9 Å². The van der Waals surface area contributed by atoms with Gasteiger partial charge in [0.2, 0.25) is 0 Å². The van der Waals surface area contributed by atoms with Crippen LogP contribution in [0.5, 0.6) is 0 Å². The van der Waals surface area contributed by atoms with Crippen LogP contribution in [0, 0.1) is 5.92 Å². The predicted octanol–water partition coefficient (Wildman–Crippen LogP) is 3.03. The average molecular weight is 423 g/mol. The molecule has 0 fully saturated rings. The Labute approximate surface area is 170 Å². The number of carbonyl (C=O) groups is 1. The van der Waals surface area contributed by atoms with Gasteiger partial charge in [0.25, 0.3) is 10.0 Å². The van der Waals surface area contributed by atoms with Gasteiger partial charge in [-0.3, -0.25) is 4.90 Å². The number of esters is 1. The lowest BCUT2D eigenvalue weighted by molar-refractivity contribution is 0.0595. The number of fused-ring (bicyclic) bond motifs is 1. The second-order valence-corrected chi connectivity index (χ2v) is 10.4. The Morgan fingerprint density at radius 2 is 2.00 bits per heavy atom. The van der Waals surface area contributed by atoms with Crippen molar-refractivity contribution in [1.82, 2.24) is 9.62 Å². The van der Waals surface area contributed by atoms with Crippen LogP contribution in [-0.2, 0) is 34.3 Å². The van der Waals surface area contributed by atoms with Crippen molar-refractivity contribution >= 4 is 27.3 Å². The number of nitrogens with zero attached hydrogens (tertiary/aromatic N) is 1. The number of hydrogen-bond acceptors (Lipinski definition) is 6.